The third-order valence-electron chi connectivity index (χ3n) is 4.29. The maximum Gasteiger partial charge on any atom is 0.340 e. The largest absolute Gasteiger partial charge is 0.493 e. The maximum atomic E-state index is 12.7. The SMILES string of the molecule is COC(=O)c1cc(OC)c(OC)cc1NC(=O)Cc1cc(OC)c(OC)c(OC)c1. The molecule has 0 unspecified atom stereocenters. The zero-order valence-corrected chi connectivity index (χ0v) is 17.8. The van der Waals surface area contributed by atoms with Crippen LogP contribution >= 0.6 is 0 Å². The number of rotatable bonds is 9. The number of hydrogen-bond acceptors (Lipinski definition) is 8. The van der Waals surface area contributed by atoms with E-state index >= 15 is 0 Å². The Morgan fingerprint density at radius 3 is 1.73 bits per heavy atom. The van der Waals surface area contributed by atoms with Gasteiger partial charge in [0.1, 0.15) is 0 Å². The third-order valence-corrected chi connectivity index (χ3v) is 4.29. The fraction of sp³-hybridized carbons (Fsp3) is 0.333. The topological polar surface area (TPSA) is 102 Å². The molecule has 30 heavy (non-hydrogen) atoms. The third kappa shape index (κ3) is 4.86. The van der Waals surface area contributed by atoms with Gasteiger partial charge < -0.3 is 33.7 Å². The van der Waals surface area contributed by atoms with Gasteiger partial charge in [0.25, 0.3) is 0 Å². The van der Waals surface area contributed by atoms with Crippen molar-refractivity contribution in [3.05, 3.63) is 35.4 Å². The van der Waals surface area contributed by atoms with E-state index in [1.807, 2.05) is 0 Å². The molecule has 0 spiro atoms. The quantitative estimate of drug-likeness (QED) is 0.619. The molecule has 0 aromatic heterocycles. The molecule has 0 aliphatic heterocycles. The summed E-state index contributed by atoms with van der Waals surface area (Å²) >= 11 is 0. The molecule has 0 aliphatic carbocycles. The Morgan fingerprint density at radius 1 is 0.733 bits per heavy atom. The first-order valence-electron chi connectivity index (χ1n) is 8.85. The monoisotopic (exact) mass is 419 g/mol. The molecule has 0 heterocycles. The summed E-state index contributed by atoms with van der Waals surface area (Å²) in [6.07, 6.45) is -0.00826. The van der Waals surface area contributed by atoms with Crippen LogP contribution in [0, 0.1) is 0 Å². The Morgan fingerprint density at radius 2 is 1.27 bits per heavy atom. The van der Waals surface area contributed by atoms with Gasteiger partial charge in [0, 0.05) is 12.1 Å². The second-order valence-electron chi connectivity index (χ2n) is 6.00. The second-order valence-corrected chi connectivity index (χ2v) is 6.00. The van der Waals surface area contributed by atoms with Crippen LogP contribution in [0.3, 0.4) is 0 Å². The molecular weight excluding hydrogens is 394 g/mol. The summed E-state index contributed by atoms with van der Waals surface area (Å²) in [4.78, 5) is 24.9. The van der Waals surface area contributed by atoms with Crippen LogP contribution in [0.15, 0.2) is 24.3 Å². The Hall–Kier alpha value is -3.62. The van der Waals surface area contributed by atoms with Crippen molar-refractivity contribution in [1.82, 2.24) is 0 Å². The fourth-order valence-electron chi connectivity index (χ4n) is 2.88. The molecule has 9 heteroatoms. The standard InChI is InChI=1S/C21H25NO8/c1-25-15-10-13(21(24)30-6)14(11-16(15)26-2)22-19(23)9-12-7-17(27-3)20(29-5)18(8-12)28-4/h7-8,10-11H,9H2,1-6H3,(H,22,23). The molecule has 0 aliphatic rings. The average Bonchev–Trinajstić information content (AvgIpc) is 2.77. The van der Waals surface area contributed by atoms with Gasteiger partial charge in [0.15, 0.2) is 23.0 Å². The van der Waals surface area contributed by atoms with E-state index in [9.17, 15) is 9.59 Å². The van der Waals surface area contributed by atoms with Crippen LogP contribution < -0.4 is 29.0 Å². The number of nitrogens with one attached hydrogen (secondary N) is 1. The lowest BCUT2D eigenvalue weighted by Crippen LogP contribution is -2.18. The van der Waals surface area contributed by atoms with Crippen molar-refractivity contribution in [2.75, 3.05) is 48.0 Å². The Balaban J connectivity index is 2.35. The normalized spacial score (nSPS) is 10.1. The average molecular weight is 419 g/mol. The smallest absolute Gasteiger partial charge is 0.340 e. The van der Waals surface area contributed by atoms with E-state index in [4.69, 9.17) is 28.4 Å². The Labute approximate surface area is 174 Å². The molecule has 9 nitrogen and oxygen atoms in total. The summed E-state index contributed by atoms with van der Waals surface area (Å²) in [6, 6.07) is 6.30. The summed E-state index contributed by atoms with van der Waals surface area (Å²) in [5, 5.41) is 2.72. The molecule has 1 amide bonds. The first kappa shape index (κ1) is 22.7. The van der Waals surface area contributed by atoms with Gasteiger partial charge in [-0.1, -0.05) is 0 Å². The van der Waals surface area contributed by atoms with Crippen molar-refractivity contribution in [3.8, 4) is 28.7 Å². The van der Waals surface area contributed by atoms with Gasteiger partial charge in [-0.2, -0.15) is 0 Å². The molecule has 0 radical (unpaired) electrons. The summed E-state index contributed by atoms with van der Waals surface area (Å²) in [5.74, 6) is 0.980. The van der Waals surface area contributed by atoms with Gasteiger partial charge >= 0.3 is 5.97 Å². The number of methoxy groups -OCH3 is 6. The second kappa shape index (κ2) is 10.2. The minimum Gasteiger partial charge on any atom is -0.493 e. The summed E-state index contributed by atoms with van der Waals surface area (Å²) in [5.41, 5.74) is 0.993. The highest BCUT2D eigenvalue weighted by molar-refractivity contribution is 6.02. The summed E-state index contributed by atoms with van der Waals surface area (Å²) < 4.78 is 31.2. The molecular formula is C21H25NO8. The van der Waals surface area contributed by atoms with Gasteiger partial charge in [-0.05, 0) is 17.7 Å². The lowest BCUT2D eigenvalue weighted by molar-refractivity contribution is -0.115. The zero-order valence-electron chi connectivity index (χ0n) is 17.8. The molecule has 1 N–H and O–H groups in total. The van der Waals surface area contributed by atoms with E-state index in [1.165, 1.54) is 54.8 Å². The van der Waals surface area contributed by atoms with Crippen LogP contribution in [0.25, 0.3) is 0 Å². The van der Waals surface area contributed by atoms with Crippen LogP contribution in [-0.4, -0.2) is 54.5 Å². The molecule has 0 saturated carbocycles. The van der Waals surface area contributed by atoms with E-state index in [-0.39, 0.29) is 23.6 Å². The van der Waals surface area contributed by atoms with Crippen molar-refractivity contribution in [3.63, 3.8) is 0 Å². The lowest BCUT2D eigenvalue weighted by atomic mass is 10.1. The highest BCUT2D eigenvalue weighted by Gasteiger charge is 2.20. The van der Waals surface area contributed by atoms with Gasteiger partial charge in [-0.3, -0.25) is 4.79 Å². The number of carbonyl (C=O) groups excluding carboxylic acids is 2. The number of ether oxygens (including phenoxy) is 6. The predicted molar refractivity (Wildman–Crippen MR) is 109 cm³/mol. The molecule has 0 saturated heterocycles. The number of amides is 1. The van der Waals surface area contributed by atoms with Gasteiger partial charge in [0.05, 0.1) is 60.3 Å². The molecule has 0 bridgehead atoms. The summed E-state index contributed by atoms with van der Waals surface area (Å²) in [6.45, 7) is 0. The maximum absolute atomic E-state index is 12.7. The number of benzene rings is 2. The lowest BCUT2D eigenvalue weighted by Gasteiger charge is -2.16. The predicted octanol–water partition coefficient (Wildman–Crippen LogP) is 2.70. The van der Waals surface area contributed by atoms with Gasteiger partial charge in [-0.25, -0.2) is 4.79 Å². The summed E-state index contributed by atoms with van der Waals surface area (Å²) in [7, 11) is 8.64. The zero-order chi connectivity index (χ0) is 22.3. The minimum absolute atomic E-state index is 0.00826. The Bertz CT molecular complexity index is 900. The van der Waals surface area contributed by atoms with Crippen LogP contribution in [0.2, 0.25) is 0 Å². The van der Waals surface area contributed by atoms with E-state index < -0.39 is 5.97 Å². The molecule has 2 aromatic carbocycles. The van der Waals surface area contributed by atoms with Crippen molar-refractivity contribution in [2.45, 2.75) is 6.42 Å². The number of esters is 1. The highest BCUT2D eigenvalue weighted by atomic mass is 16.5. The van der Waals surface area contributed by atoms with Crippen molar-refractivity contribution in [2.24, 2.45) is 0 Å². The van der Waals surface area contributed by atoms with Crippen LogP contribution in [-0.2, 0) is 16.0 Å². The number of carbonyl (C=O) groups is 2. The van der Waals surface area contributed by atoms with Crippen LogP contribution in [0.4, 0.5) is 5.69 Å². The highest BCUT2D eigenvalue weighted by Crippen LogP contribution is 2.38. The van der Waals surface area contributed by atoms with Crippen molar-refractivity contribution in [1.29, 1.82) is 0 Å². The van der Waals surface area contributed by atoms with Crippen molar-refractivity contribution < 1.29 is 38.0 Å². The molecule has 0 fully saturated rings. The molecule has 0 atom stereocenters. The minimum atomic E-state index is -0.626. The fourth-order valence-corrected chi connectivity index (χ4v) is 2.88. The molecule has 2 aromatic rings. The van der Waals surface area contributed by atoms with Gasteiger partial charge in [0.2, 0.25) is 11.7 Å². The van der Waals surface area contributed by atoms with Crippen LogP contribution in [0.1, 0.15) is 15.9 Å². The van der Waals surface area contributed by atoms with Gasteiger partial charge in [-0.15, -0.1) is 0 Å². The van der Waals surface area contributed by atoms with E-state index in [1.54, 1.807) is 12.1 Å². The number of hydrogen-bond donors (Lipinski definition) is 1. The van der Waals surface area contributed by atoms with E-state index in [2.05, 4.69) is 5.32 Å². The van der Waals surface area contributed by atoms with E-state index in [0.717, 1.165) is 0 Å². The molecule has 2 rings (SSSR count). The Kier molecular flexibility index (Phi) is 7.74. The van der Waals surface area contributed by atoms with Crippen LogP contribution in [0.5, 0.6) is 28.7 Å². The van der Waals surface area contributed by atoms with E-state index in [0.29, 0.717) is 34.3 Å². The first-order valence-corrected chi connectivity index (χ1v) is 8.85. The molecule has 162 valence electrons. The first-order chi connectivity index (χ1) is 14.4. The number of anilines is 1. The van der Waals surface area contributed by atoms with Crippen molar-refractivity contribution >= 4 is 17.6 Å².